The molecular weight excluding hydrogens is 271 g/mol. The van der Waals surface area contributed by atoms with Gasteiger partial charge in [0, 0.05) is 18.6 Å². The minimum absolute atomic E-state index is 0.0560. The molecule has 0 aromatic heterocycles. The summed E-state index contributed by atoms with van der Waals surface area (Å²) in [5, 5.41) is 0.794. The Morgan fingerprint density at radius 1 is 1.39 bits per heavy atom. The molecule has 18 heavy (non-hydrogen) atoms. The van der Waals surface area contributed by atoms with Gasteiger partial charge in [0.1, 0.15) is 0 Å². The van der Waals surface area contributed by atoms with Gasteiger partial charge in [0.15, 0.2) is 5.78 Å². The van der Waals surface area contributed by atoms with Crippen LogP contribution in [-0.4, -0.2) is 18.5 Å². The third-order valence-corrected chi connectivity index (χ3v) is 4.02. The van der Waals surface area contributed by atoms with E-state index in [4.69, 9.17) is 27.9 Å². The van der Waals surface area contributed by atoms with Gasteiger partial charge in [0.2, 0.25) is 0 Å². The Morgan fingerprint density at radius 3 is 2.94 bits per heavy atom. The van der Waals surface area contributed by atoms with Crippen LogP contribution in [0.1, 0.15) is 42.5 Å². The van der Waals surface area contributed by atoms with Crippen molar-refractivity contribution in [2.24, 2.45) is 0 Å². The van der Waals surface area contributed by atoms with Crippen LogP contribution in [0.15, 0.2) is 18.2 Å². The second kappa shape index (κ2) is 6.55. The van der Waals surface area contributed by atoms with Crippen molar-refractivity contribution >= 4 is 29.0 Å². The Hall–Kier alpha value is -0.570. The van der Waals surface area contributed by atoms with Crippen LogP contribution in [0.2, 0.25) is 10.0 Å². The highest BCUT2D eigenvalue weighted by molar-refractivity contribution is 6.43. The molecule has 0 bridgehead atoms. The summed E-state index contributed by atoms with van der Waals surface area (Å²) >= 11 is 11.9. The van der Waals surface area contributed by atoms with Crippen LogP contribution in [-0.2, 0) is 4.74 Å². The molecule has 1 atom stereocenters. The van der Waals surface area contributed by atoms with Crippen molar-refractivity contribution in [2.75, 3.05) is 6.61 Å². The normalized spacial score (nSPS) is 19.1. The highest BCUT2D eigenvalue weighted by atomic mass is 35.5. The molecule has 4 heteroatoms. The molecule has 1 aliphatic heterocycles. The molecule has 2 nitrogen and oxygen atoms in total. The summed E-state index contributed by atoms with van der Waals surface area (Å²) < 4.78 is 5.52. The summed E-state index contributed by atoms with van der Waals surface area (Å²) in [7, 11) is 0. The van der Waals surface area contributed by atoms with Crippen LogP contribution in [0.4, 0.5) is 0 Å². The number of ether oxygens (including phenoxy) is 1. The van der Waals surface area contributed by atoms with Crippen molar-refractivity contribution < 1.29 is 9.53 Å². The van der Waals surface area contributed by atoms with Gasteiger partial charge in [-0.1, -0.05) is 29.3 Å². The lowest BCUT2D eigenvalue weighted by Crippen LogP contribution is -2.07. The van der Waals surface area contributed by atoms with Crippen molar-refractivity contribution in [2.45, 2.75) is 38.2 Å². The zero-order chi connectivity index (χ0) is 13.0. The molecule has 98 valence electrons. The first-order chi connectivity index (χ1) is 8.68. The average molecular weight is 287 g/mol. The average Bonchev–Trinajstić information content (AvgIpc) is 2.85. The van der Waals surface area contributed by atoms with E-state index in [0.29, 0.717) is 28.1 Å². The minimum atomic E-state index is 0.0560. The van der Waals surface area contributed by atoms with E-state index in [9.17, 15) is 4.79 Å². The third kappa shape index (κ3) is 3.47. The summed E-state index contributed by atoms with van der Waals surface area (Å²) in [4.78, 5) is 12.0. The summed E-state index contributed by atoms with van der Waals surface area (Å²) in [5.74, 6) is 0.0560. The summed E-state index contributed by atoms with van der Waals surface area (Å²) in [5.41, 5.74) is 0.525. The Morgan fingerprint density at radius 2 is 2.22 bits per heavy atom. The number of carbonyl (C=O) groups is 1. The van der Waals surface area contributed by atoms with E-state index in [1.807, 2.05) is 0 Å². The fourth-order valence-corrected chi connectivity index (χ4v) is 2.62. The lowest BCUT2D eigenvalue weighted by Gasteiger charge is -2.09. The second-order valence-electron chi connectivity index (χ2n) is 4.55. The molecule has 1 aliphatic rings. The van der Waals surface area contributed by atoms with Crippen LogP contribution in [0.25, 0.3) is 0 Å². The first kappa shape index (κ1) is 13.9. The zero-order valence-corrected chi connectivity index (χ0v) is 11.6. The van der Waals surface area contributed by atoms with E-state index in [-0.39, 0.29) is 5.78 Å². The van der Waals surface area contributed by atoms with Gasteiger partial charge in [0.25, 0.3) is 0 Å². The van der Waals surface area contributed by atoms with Crippen molar-refractivity contribution in [1.29, 1.82) is 0 Å². The van der Waals surface area contributed by atoms with Crippen LogP contribution < -0.4 is 0 Å². The Kier molecular flexibility index (Phi) is 5.04. The van der Waals surface area contributed by atoms with E-state index in [0.717, 1.165) is 32.3 Å². The standard InChI is InChI=1S/C14H16Cl2O2/c15-12-7-2-6-11(14(12)16)13(17)8-1-4-10-5-3-9-18-10/h2,6-7,10H,1,3-5,8-9H2. The molecule has 1 saturated heterocycles. The van der Waals surface area contributed by atoms with E-state index >= 15 is 0 Å². The molecule has 1 aromatic rings. The van der Waals surface area contributed by atoms with Gasteiger partial charge in [-0.2, -0.15) is 0 Å². The predicted molar refractivity (Wildman–Crippen MR) is 73.6 cm³/mol. The SMILES string of the molecule is O=C(CCCC1CCCO1)c1cccc(Cl)c1Cl. The van der Waals surface area contributed by atoms with Crippen molar-refractivity contribution in [3.05, 3.63) is 33.8 Å². The molecule has 0 N–H and O–H groups in total. The fourth-order valence-electron chi connectivity index (χ4n) is 2.22. The quantitative estimate of drug-likeness (QED) is 0.744. The molecular formula is C14H16Cl2O2. The van der Waals surface area contributed by atoms with Crippen molar-refractivity contribution in [1.82, 2.24) is 0 Å². The molecule has 1 fully saturated rings. The van der Waals surface area contributed by atoms with Crippen LogP contribution in [0, 0.1) is 0 Å². The number of carbonyl (C=O) groups excluding carboxylic acids is 1. The number of rotatable bonds is 5. The molecule has 1 aromatic carbocycles. The Bertz CT molecular complexity index is 426. The molecule has 0 amide bonds. The van der Waals surface area contributed by atoms with Crippen LogP contribution >= 0.6 is 23.2 Å². The molecule has 1 unspecified atom stereocenters. The minimum Gasteiger partial charge on any atom is -0.378 e. The largest absolute Gasteiger partial charge is 0.378 e. The van der Waals surface area contributed by atoms with Gasteiger partial charge in [-0.05, 0) is 37.8 Å². The smallest absolute Gasteiger partial charge is 0.164 e. The number of hydrogen-bond acceptors (Lipinski definition) is 2. The Balaban J connectivity index is 1.85. The Labute approximate surface area is 117 Å². The summed E-state index contributed by atoms with van der Waals surface area (Å²) in [6, 6.07) is 5.16. The monoisotopic (exact) mass is 286 g/mol. The van der Waals surface area contributed by atoms with Gasteiger partial charge in [-0.25, -0.2) is 0 Å². The predicted octanol–water partition coefficient (Wildman–Crippen LogP) is 4.53. The number of halogens is 2. The third-order valence-electron chi connectivity index (χ3n) is 3.21. The number of ketones is 1. The maximum Gasteiger partial charge on any atom is 0.164 e. The van der Waals surface area contributed by atoms with Crippen LogP contribution in [0.5, 0.6) is 0 Å². The van der Waals surface area contributed by atoms with E-state index < -0.39 is 0 Å². The summed E-state index contributed by atoms with van der Waals surface area (Å²) in [6.45, 7) is 0.860. The maximum atomic E-state index is 12.0. The molecule has 0 saturated carbocycles. The van der Waals surface area contributed by atoms with E-state index in [1.54, 1.807) is 18.2 Å². The highest BCUT2D eigenvalue weighted by Crippen LogP contribution is 2.27. The zero-order valence-electron chi connectivity index (χ0n) is 10.1. The number of benzene rings is 1. The van der Waals surface area contributed by atoms with Gasteiger partial charge in [0.05, 0.1) is 16.1 Å². The fraction of sp³-hybridized carbons (Fsp3) is 0.500. The topological polar surface area (TPSA) is 26.3 Å². The molecule has 1 heterocycles. The lowest BCUT2D eigenvalue weighted by atomic mass is 10.0. The number of Topliss-reactive ketones (excluding diaryl/α,β-unsaturated/α-hetero) is 1. The molecule has 0 aliphatic carbocycles. The van der Waals surface area contributed by atoms with E-state index in [1.165, 1.54) is 0 Å². The van der Waals surface area contributed by atoms with Crippen molar-refractivity contribution in [3.63, 3.8) is 0 Å². The lowest BCUT2D eigenvalue weighted by molar-refractivity contribution is 0.0923. The first-order valence-corrected chi connectivity index (χ1v) is 7.03. The maximum absolute atomic E-state index is 12.0. The van der Waals surface area contributed by atoms with Gasteiger partial charge >= 0.3 is 0 Å². The van der Waals surface area contributed by atoms with E-state index in [2.05, 4.69) is 0 Å². The van der Waals surface area contributed by atoms with Gasteiger partial charge < -0.3 is 4.74 Å². The molecule has 0 radical (unpaired) electrons. The number of hydrogen-bond donors (Lipinski definition) is 0. The summed E-state index contributed by atoms with van der Waals surface area (Å²) in [6.07, 6.45) is 4.88. The first-order valence-electron chi connectivity index (χ1n) is 6.27. The van der Waals surface area contributed by atoms with Crippen molar-refractivity contribution in [3.8, 4) is 0 Å². The molecule has 0 spiro atoms. The highest BCUT2D eigenvalue weighted by Gasteiger charge is 2.17. The van der Waals surface area contributed by atoms with Crippen LogP contribution in [0.3, 0.4) is 0 Å². The molecule has 2 rings (SSSR count). The van der Waals surface area contributed by atoms with Gasteiger partial charge in [-0.3, -0.25) is 4.79 Å². The second-order valence-corrected chi connectivity index (χ2v) is 5.34. The van der Waals surface area contributed by atoms with Gasteiger partial charge in [-0.15, -0.1) is 0 Å².